The van der Waals surface area contributed by atoms with Crippen LogP contribution in [0.4, 0.5) is 0 Å². The van der Waals surface area contributed by atoms with E-state index in [-0.39, 0.29) is 14.9 Å². The topological polar surface area (TPSA) is 74.7 Å². The summed E-state index contributed by atoms with van der Waals surface area (Å²) in [7, 11) is -2.43. The van der Waals surface area contributed by atoms with Crippen LogP contribution in [0.25, 0.3) is 0 Å². The van der Waals surface area contributed by atoms with Crippen molar-refractivity contribution in [3.63, 3.8) is 0 Å². The molecule has 0 spiro atoms. The molecule has 8 heteroatoms. The second kappa shape index (κ2) is 6.96. The Balaban J connectivity index is 3.27. The molecule has 0 bridgehead atoms. The van der Waals surface area contributed by atoms with Gasteiger partial charge in [0.1, 0.15) is 4.90 Å². The summed E-state index contributed by atoms with van der Waals surface area (Å²) in [5.74, 6) is -1.02. The number of nitrogens with zero attached hydrogens (tertiary/aromatic N) is 1. The SMILES string of the molecule is CC(C)CCN(C)S(=O)(=O)c1ccc(Cl)c(C(=O)O)c1Cl. The summed E-state index contributed by atoms with van der Waals surface area (Å²) in [6, 6.07) is 2.44. The van der Waals surface area contributed by atoms with E-state index in [4.69, 9.17) is 28.3 Å². The first kappa shape index (κ1) is 18.2. The van der Waals surface area contributed by atoms with Crippen LogP contribution in [-0.2, 0) is 10.0 Å². The maximum atomic E-state index is 12.5. The van der Waals surface area contributed by atoms with Crippen LogP contribution in [0.5, 0.6) is 0 Å². The summed E-state index contributed by atoms with van der Waals surface area (Å²) in [5.41, 5.74) is -0.406. The number of rotatable bonds is 6. The van der Waals surface area contributed by atoms with Crippen LogP contribution < -0.4 is 0 Å². The second-order valence-electron chi connectivity index (χ2n) is 5.05. The number of hydrogen-bond acceptors (Lipinski definition) is 3. The number of halogens is 2. The first-order chi connectivity index (χ1) is 9.59. The minimum absolute atomic E-state index is 0.101. The molecule has 118 valence electrons. The molecule has 0 aromatic heterocycles. The van der Waals surface area contributed by atoms with Gasteiger partial charge in [-0.25, -0.2) is 17.5 Å². The van der Waals surface area contributed by atoms with Gasteiger partial charge >= 0.3 is 5.97 Å². The van der Waals surface area contributed by atoms with Gasteiger partial charge in [-0.15, -0.1) is 0 Å². The Bertz CT molecular complexity index is 644. The third-order valence-electron chi connectivity index (χ3n) is 2.98. The standard InChI is InChI=1S/C13H17Cl2NO4S/c1-8(2)6-7-16(3)21(19,20)10-5-4-9(14)11(12(10)15)13(17)18/h4-5,8H,6-7H2,1-3H3,(H,17,18). The Kier molecular flexibility index (Phi) is 6.04. The summed E-state index contributed by atoms with van der Waals surface area (Å²) in [6.07, 6.45) is 0.687. The molecule has 1 aromatic rings. The largest absolute Gasteiger partial charge is 0.478 e. The number of carbonyl (C=O) groups is 1. The maximum absolute atomic E-state index is 12.5. The van der Waals surface area contributed by atoms with Crippen LogP contribution in [0.1, 0.15) is 30.6 Å². The highest BCUT2D eigenvalue weighted by Crippen LogP contribution is 2.32. The number of carboxylic acids is 1. The number of benzene rings is 1. The molecule has 0 aliphatic rings. The molecule has 1 N–H and O–H groups in total. The summed E-state index contributed by atoms with van der Waals surface area (Å²) in [4.78, 5) is 10.9. The van der Waals surface area contributed by atoms with Gasteiger partial charge < -0.3 is 5.11 Å². The molecule has 0 saturated carbocycles. The zero-order valence-electron chi connectivity index (χ0n) is 11.9. The van der Waals surface area contributed by atoms with E-state index >= 15 is 0 Å². The fourth-order valence-corrected chi connectivity index (χ4v) is 3.73. The van der Waals surface area contributed by atoms with Crippen LogP contribution in [0.3, 0.4) is 0 Å². The lowest BCUT2D eigenvalue weighted by Crippen LogP contribution is -2.29. The first-order valence-corrected chi connectivity index (χ1v) is 8.46. The lowest BCUT2D eigenvalue weighted by Gasteiger charge is -2.19. The van der Waals surface area contributed by atoms with Gasteiger partial charge in [-0.1, -0.05) is 37.0 Å². The van der Waals surface area contributed by atoms with E-state index in [1.165, 1.54) is 19.2 Å². The van der Waals surface area contributed by atoms with Gasteiger partial charge in [0.25, 0.3) is 0 Å². The van der Waals surface area contributed by atoms with E-state index < -0.39 is 21.6 Å². The molecule has 1 rings (SSSR count). The van der Waals surface area contributed by atoms with Crippen molar-refractivity contribution in [2.24, 2.45) is 5.92 Å². The average Bonchev–Trinajstić information content (AvgIpc) is 2.34. The summed E-state index contributed by atoms with van der Waals surface area (Å²) >= 11 is 11.7. The predicted molar refractivity (Wildman–Crippen MR) is 82.7 cm³/mol. The van der Waals surface area contributed by atoms with Gasteiger partial charge in [-0.05, 0) is 24.5 Å². The van der Waals surface area contributed by atoms with Gasteiger partial charge in [0.2, 0.25) is 10.0 Å². The van der Waals surface area contributed by atoms with Crippen LogP contribution in [0.2, 0.25) is 10.0 Å². The molecule has 0 aliphatic heterocycles. The van der Waals surface area contributed by atoms with Crippen LogP contribution in [-0.4, -0.2) is 37.4 Å². The molecule has 0 fully saturated rings. The summed E-state index contributed by atoms with van der Waals surface area (Å²) in [6.45, 7) is 4.29. The zero-order chi connectivity index (χ0) is 16.4. The highest BCUT2D eigenvalue weighted by molar-refractivity contribution is 7.89. The van der Waals surface area contributed by atoms with Crippen LogP contribution in [0.15, 0.2) is 17.0 Å². The highest BCUT2D eigenvalue weighted by atomic mass is 35.5. The lowest BCUT2D eigenvalue weighted by molar-refractivity contribution is 0.0697. The van der Waals surface area contributed by atoms with Gasteiger partial charge in [0, 0.05) is 13.6 Å². The molecule has 0 amide bonds. The average molecular weight is 354 g/mol. The number of sulfonamides is 1. The lowest BCUT2D eigenvalue weighted by atomic mass is 10.1. The van der Waals surface area contributed by atoms with Gasteiger partial charge in [-0.3, -0.25) is 0 Å². The smallest absolute Gasteiger partial charge is 0.338 e. The van der Waals surface area contributed by atoms with E-state index in [2.05, 4.69) is 0 Å². The van der Waals surface area contributed by atoms with E-state index in [0.29, 0.717) is 18.9 Å². The van der Waals surface area contributed by atoms with Crippen molar-refractivity contribution in [1.82, 2.24) is 4.31 Å². The third-order valence-corrected chi connectivity index (χ3v) is 5.70. The monoisotopic (exact) mass is 353 g/mol. The highest BCUT2D eigenvalue weighted by Gasteiger charge is 2.27. The summed E-state index contributed by atoms with van der Waals surface area (Å²) < 4.78 is 26.1. The molecule has 0 heterocycles. The Morgan fingerprint density at radius 3 is 2.38 bits per heavy atom. The fourth-order valence-electron chi connectivity index (χ4n) is 1.66. The molecule has 0 atom stereocenters. The quantitative estimate of drug-likeness (QED) is 0.850. The Morgan fingerprint density at radius 1 is 1.33 bits per heavy atom. The van der Waals surface area contributed by atoms with Crippen molar-refractivity contribution < 1.29 is 18.3 Å². The molecule has 5 nitrogen and oxygen atoms in total. The molecule has 0 radical (unpaired) electrons. The molecule has 1 aromatic carbocycles. The van der Waals surface area contributed by atoms with E-state index in [0.717, 1.165) is 4.31 Å². The van der Waals surface area contributed by atoms with Crippen LogP contribution in [0, 0.1) is 5.92 Å². The Labute approximate surface area is 134 Å². The normalized spacial score (nSPS) is 12.1. The van der Waals surface area contributed by atoms with Crippen molar-refractivity contribution in [2.75, 3.05) is 13.6 Å². The van der Waals surface area contributed by atoms with Crippen molar-refractivity contribution in [2.45, 2.75) is 25.2 Å². The van der Waals surface area contributed by atoms with Gasteiger partial charge in [0.15, 0.2) is 0 Å². The number of hydrogen-bond donors (Lipinski definition) is 1. The minimum atomic E-state index is -3.86. The van der Waals surface area contributed by atoms with Crippen LogP contribution >= 0.6 is 23.2 Å². The Hall–Kier alpha value is -0.820. The number of aromatic carboxylic acids is 1. The molecule has 0 unspecified atom stereocenters. The predicted octanol–water partition coefficient (Wildman–Crippen LogP) is 3.36. The van der Waals surface area contributed by atoms with E-state index in [1.54, 1.807) is 0 Å². The third kappa shape index (κ3) is 4.10. The molecule has 0 saturated heterocycles. The minimum Gasteiger partial charge on any atom is -0.478 e. The van der Waals surface area contributed by atoms with Gasteiger partial charge in [0.05, 0.1) is 15.6 Å². The second-order valence-corrected chi connectivity index (χ2v) is 7.85. The molecule has 0 aliphatic carbocycles. The molecular formula is C13H17Cl2NO4S. The van der Waals surface area contributed by atoms with Crippen molar-refractivity contribution in [1.29, 1.82) is 0 Å². The zero-order valence-corrected chi connectivity index (χ0v) is 14.3. The van der Waals surface area contributed by atoms with Crippen molar-refractivity contribution in [3.8, 4) is 0 Å². The first-order valence-electron chi connectivity index (χ1n) is 6.26. The fraction of sp³-hybridized carbons (Fsp3) is 0.462. The Morgan fingerprint density at radius 2 is 1.90 bits per heavy atom. The van der Waals surface area contributed by atoms with Crippen molar-refractivity contribution in [3.05, 3.63) is 27.7 Å². The summed E-state index contributed by atoms with van der Waals surface area (Å²) in [5, 5.41) is 8.60. The van der Waals surface area contributed by atoms with E-state index in [9.17, 15) is 13.2 Å². The number of carboxylic acid groups (broad SMARTS) is 1. The molecule has 21 heavy (non-hydrogen) atoms. The van der Waals surface area contributed by atoms with Crippen molar-refractivity contribution >= 4 is 39.2 Å². The molecular weight excluding hydrogens is 337 g/mol. The van der Waals surface area contributed by atoms with Gasteiger partial charge in [-0.2, -0.15) is 0 Å². The van der Waals surface area contributed by atoms with E-state index in [1.807, 2.05) is 13.8 Å². The maximum Gasteiger partial charge on any atom is 0.338 e.